The minimum atomic E-state index is -0.271. The molecule has 0 saturated carbocycles. The van der Waals surface area contributed by atoms with Crippen LogP contribution in [0.5, 0.6) is 17.2 Å². The number of rotatable bonds is 7. The molecule has 0 unspecified atom stereocenters. The van der Waals surface area contributed by atoms with Gasteiger partial charge in [0.15, 0.2) is 5.75 Å². The molecule has 27 heavy (non-hydrogen) atoms. The van der Waals surface area contributed by atoms with E-state index in [1.54, 1.807) is 13.2 Å². The summed E-state index contributed by atoms with van der Waals surface area (Å²) >= 11 is 0. The molecule has 0 radical (unpaired) electrons. The Hall–Kier alpha value is -3.47. The minimum absolute atomic E-state index is 0.271. The molecule has 0 atom stereocenters. The zero-order valence-corrected chi connectivity index (χ0v) is 15.1. The largest absolute Gasteiger partial charge is 0.497 e. The van der Waals surface area contributed by atoms with E-state index in [4.69, 9.17) is 9.47 Å². The van der Waals surface area contributed by atoms with Gasteiger partial charge in [0.2, 0.25) is 0 Å². The van der Waals surface area contributed by atoms with Crippen molar-refractivity contribution in [2.75, 3.05) is 19.0 Å². The highest BCUT2D eigenvalue weighted by Gasteiger charge is 2.08. The number of methoxy groups -OCH3 is 1. The topological polar surface area (TPSA) is 59.6 Å². The van der Waals surface area contributed by atoms with Gasteiger partial charge in [-0.2, -0.15) is 0 Å². The van der Waals surface area contributed by atoms with Crippen LogP contribution in [0.4, 0.5) is 10.5 Å². The third kappa shape index (κ3) is 5.51. The predicted molar refractivity (Wildman–Crippen MR) is 107 cm³/mol. The number of para-hydroxylation sites is 3. The lowest BCUT2D eigenvalue weighted by Gasteiger charge is -2.13. The van der Waals surface area contributed by atoms with Crippen LogP contribution in [0.2, 0.25) is 0 Å². The zero-order valence-electron chi connectivity index (χ0n) is 15.1. The van der Waals surface area contributed by atoms with Crippen molar-refractivity contribution in [3.8, 4) is 17.2 Å². The molecule has 138 valence electrons. The molecule has 2 amide bonds. The maximum atomic E-state index is 12.2. The van der Waals surface area contributed by atoms with Crippen molar-refractivity contribution in [3.05, 3.63) is 84.4 Å². The monoisotopic (exact) mass is 362 g/mol. The molecule has 3 aromatic carbocycles. The van der Waals surface area contributed by atoms with Gasteiger partial charge < -0.3 is 20.1 Å². The molecule has 0 aromatic heterocycles. The second-order valence-electron chi connectivity index (χ2n) is 5.89. The molecule has 5 heteroatoms. The van der Waals surface area contributed by atoms with Gasteiger partial charge in [-0.05, 0) is 48.4 Å². The van der Waals surface area contributed by atoms with E-state index in [9.17, 15) is 4.79 Å². The fraction of sp³-hybridized carbons (Fsp3) is 0.136. The molecule has 0 fully saturated rings. The predicted octanol–water partition coefficient (Wildman–Crippen LogP) is 4.85. The number of urea groups is 1. The van der Waals surface area contributed by atoms with Gasteiger partial charge in [0.05, 0.1) is 12.8 Å². The van der Waals surface area contributed by atoms with Crippen LogP contribution in [0, 0.1) is 0 Å². The van der Waals surface area contributed by atoms with Crippen LogP contribution in [0.3, 0.4) is 0 Å². The molecule has 5 nitrogen and oxygen atoms in total. The molecule has 3 aromatic rings. The molecule has 0 saturated heterocycles. The standard InChI is InChI=1S/C22H22N2O3/c1-26-18-13-11-17(12-14-18)15-16-23-22(25)24-20-9-5-6-10-21(20)27-19-7-3-2-4-8-19/h2-14H,15-16H2,1H3,(H2,23,24,25). The SMILES string of the molecule is COc1ccc(CCNC(=O)Nc2ccccc2Oc2ccccc2)cc1. The average molecular weight is 362 g/mol. The van der Waals surface area contributed by atoms with E-state index in [0.717, 1.165) is 17.7 Å². The highest BCUT2D eigenvalue weighted by molar-refractivity contribution is 5.90. The summed E-state index contributed by atoms with van der Waals surface area (Å²) in [5, 5.41) is 5.70. The maximum Gasteiger partial charge on any atom is 0.319 e. The van der Waals surface area contributed by atoms with E-state index in [1.165, 1.54) is 0 Å². The van der Waals surface area contributed by atoms with Crippen molar-refractivity contribution in [2.45, 2.75) is 6.42 Å². The van der Waals surface area contributed by atoms with Crippen molar-refractivity contribution in [3.63, 3.8) is 0 Å². The summed E-state index contributed by atoms with van der Waals surface area (Å²) in [5.74, 6) is 2.13. The lowest BCUT2D eigenvalue weighted by Crippen LogP contribution is -2.30. The van der Waals surface area contributed by atoms with E-state index < -0.39 is 0 Å². The van der Waals surface area contributed by atoms with Crippen LogP contribution in [0.15, 0.2) is 78.9 Å². The number of nitrogens with one attached hydrogen (secondary N) is 2. The summed E-state index contributed by atoms with van der Waals surface area (Å²) in [5.41, 5.74) is 1.74. The lowest BCUT2D eigenvalue weighted by atomic mass is 10.1. The van der Waals surface area contributed by atoms with Crippen LogP contribution < -0.4 is 20.1 Å². The molecule has 3 rings (SSSR count). The third-order valence-electron chi connectivity index (χ3n) is 3.96. The molecule has 0 aliphatic heterocycles. The second kappa shape index (κ2) is 9.29. The van der Waals surface area contributed by atoms with Gasteiger partial charge in [0.1, 0.15) is 11.5 Å². The number of hydrogen-bond donors (Lipinski definition) is 2. The average Bonchev–Trinajstić information content (AvgIpc) is 2.71. The van der Waals surface area contributed by atoms with E-state index in [1.807, 2.05) is 72.8 Å². The van der Waals surface area contributed by atoms with Crippen LogP contribution in [-0.2, 0) is 6.42 Å². The Kier molecular flexibility index (Phi) is 6.30. The molecule has 2 N–H and O–H groups in total. The van der Waals surface area contributed by atoms with Crippen LogP contribution in [0.1, 0.15) is 5.56 Å². The fourth-order valence-corrected chi connectivity index (χ4v) is 2.55. The minimum Gasteiger partial charge on any atom is -0.497 e. The Morgan fingerprint density at radius 2 is 1.56 bits per heavy atom. The second-order valence-corrected chi connectivity index (χ2v) is 5.89. The number of benzene rings is 3. The first-order chi connectivity index (χ1) is 13.2. The van der Waals surface area contributed by atoms with E-state index in [0.29, 0.717) is 23.7 Å². The molecular formula is C22H22N2O3. The van der Waals surface area contributed by atoms with E-state index >= 15 is 0 Å². The van der Waals surface area contributed by atoms with Crippen LogP contribution in [0.25, 0.3) is 0 Å². The van der Waals surface area contributed by atoms with Crippen LogP contribution in [-0.4, -0.2) is 19.7 Å². The van der Waals surface area contributed by atoms with Gasteiger partial charge in [-0.25, -0.2) is 4.79 Å². The van der Waals surface area contributed by atoms with Gasteiger partial charge in [0.25, 0.3) is 0 Å². The van der Waals surface area contributed by atoms with Gasteiger partial charge in [0, 0.05) is 6.54 Å². The summed E-state index contributed by atoms with van der Waals surface area (Å²) in [7, 11) is 1.64. The Labute approximate surface area is 158 Å². The first-order valence-electron chi connectivity index (χ1n) is 8.74. The summed E-state index contributed by atoms with van der Waals surface area (Å²) in [6, 6.07) is 24.3. The molecule has 0 spiro atoms. The number of carbonyl (C=O) groups is 1. The smallest absolute Gasteiger partial charge is 0.319 e. The summed E-state index contributed by atoms with van der Waals surface area (Å²) < 4.78 is 11.0. The van der Waals surface area contributed by atoms with Gasteiger partial charge in [-0.15, -0.1) is 0 Å². The van der Waals surface area contributed by atoms with Gasteiger partial charge in [-0.1, -0.05) is 42.5 Å². The molecule has 0 aliphatic rings. The fourth-order valence-electron chi connectivity index (χ4n) is 2.55. The van der Waals surface area contributed by atoms with Crippen molar-refractivity contribution in [1.29, 1.82) is 0 Å². The normalized spacial score (nSPS) is 10.1. The molecular weight excluding hydrogens is 340 g/mol. The van der Waals surface area contributed by atoms with Crippen LogP contribution >= 0.6 is 0 Å². The molecule has 0 aliphatic carbocycles. The Morgan fingerprint density at radius 3 is 2.30 bits per heavy atom. The first kappa shape index (κ1) is 18.3. The van der Waals surface area contributed by atoms with Crippen molar-refractivity contribution < 1.29 is 14.3 Å². The Bertz CT molecular complexity index is 864. The molecule has 0 bridgehead atoms. The summed E-state index contributed by atoms with van der Waals surface area (Å²) in [6.07, 6.45) is 0.736. The highest BCUT2D eigenvalue weighted by atomic mass is 16.5. The van der Waals surface area contributed by atoms with Crippen molar-refractivity contribution >= 4 is 11.7 Å². The number of anilines is 1. The maximum absolute atomic E-state index is 12.2. The highest BCUT2D eigenvalue weighted by Crippen LogP contribution is 2.28. The number of amides is 2. The van der Waals surface area contributed by atoms with Crippen molar-refractivity contribution in [1.82, 2.24) is 5.32 Å². The van der Waals surface area contributed by atoms with Gasteiger partial charge in [-0.3, -0.25) is 0 Å². The van der Waals surface area contributed by atoms with E-state index in [2.05, 4.69) is 10.6 Å². The van der Waals surface area contributed by atoms with E-state index in [-0.39, 0.29) is 6.03 Å². The lowest BCUT2D eigenvalue weighted by molar-refractivity contribution is 0.252. The zero-order chi connectivity index (χ0) is 18.9. The first-order valence-corrected chi connectivity index (χ1v) is 8.74. The quantitative estimate of drug-likeness (QED) is 0.631. The summed E-state index contributed by atoms with van der Waals surface area (Å²) in [4.78, 5) is 12.2. The number of hydrogen-bond acceptors (Lipinski definition) is 3. The Morgan fingerprint density at radius 1 is 0.852 bits per heavy atom. The number of carbonyl (C=O) groups excluding carboxylic acids is 1. The van der Waals surface area contributed by atoms with Gasteiger partial charge >= 0.3 is 6.03 Å². The summed E-state index contributed by atoms with van der Waals surface area (Å²) in [6.45, 7) is 0.528. The Balaban J connectivity index is 1.53. The third-order valence-corrected chi connectivity index (χ3v) is 3.96. The molecule has 0 heterocycles. The number of ether oxygens (including phenoxy) is 2. The van der Waals surface area contributed by atoms with Crippen molar-refractivity contribution in [2.24, 2.45) is 0 Å².